The van der Waals surface area contributed by atoms with Gasteiger partial charge in [0.1, 0.15) is 10.5 Å². The lowest BCUT2D eigenvalue weighted by Crippen LogP contribution is -2.61. The number of carboxylic acids is 1. The number of hydrogen-bond donors (Lipinski definition) is 1. The molecule has 7 rings (SSSR count). The van der Waals surface area contributed by atoms with Gasteiger partial charge in [-0.2, -0.15) is 13.9 Å². The van der Waals surface area contributed by atoms with Gasteiger partial charge in [-0.3, -0.25) is 9.69 Å². The fraction of sp³-hybridized carbons (Fsp3) is 0.432. The molecule has 0 spiro atoms. The topological polar surface area (TPSA) is 114 Å². The highest BCUT2D eigenvalue weighted by Gasteiger charge is 2.37. The number of carbonyl (C=O) groups is 2. The third kappa shape index (κ3) is 6.84. The molecule has 2 fully saturated rings. The first-order valence-electron chi connectivity index (χ1n) is 17.0. The number of piperidine rings is 1. The van der Waals surface area contributed by atoms with Crippen molar-refractivity contribution in [1.29, 1.82) is 0 Å². The Morgan fingerprint density at radius 1 is 1.06 bits per heavy atom. The minimum absolute atomic E-state index is 0.0525. The van der Waals surface area contributed by atoms with E-state index in [1.807, 2.05) is 50.8 Å². The Labute approximate surface area is 303 Å². The molecule has 10 nitrogen and oxygen atoms in total. The smallest absolute Gasteiger partial charge is 0.337 e. The number of carbonyl (C=O) groups excluding carboxylic acids is 1. The number of nitrogens with zero attached hydrogens (tertiary/aromatic N) is 6. The van der Waals surface area contributed by atoms with E-state index in [4.69, 9.17) is 26.3 Å². The molecule has 1 atom stereocenters. The van der Waals surface area contributed by atoms with Gasteiger partial charge in [0.25, 0.3) is 0 Å². The first-order valence-corrected chi connectivity index (χ1v) is 18.2. The maximum Gasteiger partial charge on any atom is 0.337 e. The van der Waals surface area contributed by atoms with Crippen LogP contribution in [0.15, 0.2) is 42.5 Å². The molecule has 2 aliphatic rings. The highest BCUT2D eigenvalue weighted by atomic mass is 35.5. The molecule has 268 valence electrons. The molecule has 1 unspecified atom stereocenters. The lowest BCUT2D eigenvalue weighted by Gasteiger charge is -2.47. The van der Waals surface area contributed by atoms with E-state index in [1.165, 1.54) is 11.3 Å². The van der Waals surface area contributed by atoms with Crippen molar-refractivity contribution in [1.82, 2.24) is 29.5 Å². The van der Waals surface area contributed by atoms with E-state index in [0.717, 1.165) is 54.0 Å². The van der Waals surface area contributed by atoms with Gasteiger partial charge in [-0.15, -0.1) is 11.3 Å². The zero-order valence-electron chi connectivity index (χ0n) is 29.0. The summed E-state index contributed by atoms with van der Waals surface area (Å²) in [6, 6.07) is 12.7. The molecule has 0 bridgehead atoms. The van der Waals surface area contributed by atoms with Crippen molar-refractivity contribution in [3.8, 4) is 21.8 Å². The van der Waals surface area contributed by atoms with Crippen LogP contribution < -0.4 is 0 Å². The summed E-state index contributed by atoms with van der Waals surface area (Å²) in [6.07, 6.45) is 0.228. The Bertz CT molecular complexity index is 2130. The Morgan fingerprint density at radius 3 is 2.35 bits per heavy atom. The number of rotatable bonds is 8. The first-order chi connectivity index (χ1) is 24.2. The number of aliphatic carboxylic acids is 1. The average Bonchev–Trinajstić information content (AvgIpc) is 3.64. The van der Waals surface area contributed by atoms with Crippen LogP contribution >= 0.6 is 22.9 Å². The molecule has 0 aliphatic carbocycles. The van der Waals surface area contributed by atoms with E-state index in [0.29, 0.717) is 55.2 Å². The highest BCUT2D eigenvalue weighted by molar-refractivity contribution is 7.22. The fourth-order valence-corrected chi connectivity index (χ4v) is 8.44. The van der Waals surface area contributed by atoms with Gasteiger partial charge in [0.05, 0.1) is 32.7 Å². The predicted molar refractivity (Wildman–Crippen MR) is 193 cm³/mol. The third-order valence-electron chi connectivity index (χ3n) is 9.74. The van der Waals surface area contributed by atoms with Crippen LogP contribution in [0.1, 0.15) is 75.9 Å². The quantitative estimate of drug-likeness (QED) is 0.170. The maximum absolute atomic E-state index is 14.3. The largest absolute Gasteiger partial charge is 0.479 e. The second kappa shape index (κ2) is 13.5. The normalized spacial score (nSPS) is 17.1. The second-order valence-corrected chi connectivity index (χ2v) is 15.8. The standard InChI is InChI=1S/C37H39ClF2N6O4S/c1-19-16-26-33(29(21-6-8-23(38)9-7-21)28(19)32(35(48)49)50-37(3,4)5)51-34(42-26)25-10-11-27-31(41-25)30(43-46(27)36(39)40)22-12-14-44(15-13-22)24-17-45(18-24)20(2)47/h6-11,16,22,24,32,36H,12-15,17-18H2,1-5H3,(H,48,49). The number of fused-ring (bicyclic) bond motifs is 2. The summed E-state index contributed by atoms with van der Waals surface area (Å²) in [5, 5.41) is 15.9. The number of hydrogen-bond acceptors (Lipinski definition) is 8. The summed E-state index contributed by atoms with van der Waals surface area (Å²) in [6.45, 7) is 9.06. The zero-order valence-corrected chi connectivity index (χ0v) is 30.6. The molecule has 14 heteroatoms. The van der Waals surface area contributed by atoms with Crippen molar-refractivity contribution in [2.75, 3.05) is 26.2 Å². The van der Waals surface area contributed by atoms with Gasteiger partial charge in [-0.1, -0.05) is 23.7 Å². The molecule has 5 aromatic rings. The third-order valence-corrected chi connectivity index (χ3v) is 11.1. The number of pyridine rings is 1. The molecule has 1 N–H and O–H groups in total. The molecule has 2 aliphatic heterocycles. The first kappa shape index (κ1) is 35.4. The number of ether oxygens (including phenoxy) is 1. The summed E-state index contributed by atoms with van der Waals surface area (Å²) in [5.74, 6) is -1.08. The molecule has 2 aromatic carbocycles. The summed E-state index contributed by atoms with van der Waals surface area (Å²) in [4.78, 5) is 38.5. The van der Waals surface area contributed by atoms with Crippen molar-refractivity contribution < 1.29 is 28.2 Å². The van der Waals surface area contributed by atoms with Gasteiger partial charge in [-0.25, -0.2) is 19.4 Å². The predicted octanol–water partition coefficient (Wildman–Crippen LogP) is 8.08. The zero-order chi connectivity index (χ0) is 36.4. The van der Waals surface area contributed by atoms with Gasteiger partial charge in [-0.05, 0) is 95.1 Å². The van der Waals surface area contributed by atoms with Crippen molar-refractivity contribution in [3.05, 3.63) is 64.3 Å². The SMILES string of the molecule is CC(=O)N1CC(N2CCC(c3nn(C(F)F)c4ccc(-c5nc6cc(C)c(C(OC(C)(C)C)C(=O)O)c(-c7ccc(Cl)cc7)c6s5)nc34)CC2)C1. The van der Waals surface area contributed by atoms with Gasteiger partial charge in [0.2, 0.25) is 5.91 Å². The van der Waals surface area contributed by atoms with Crippen LogP contribution in [0.5, 0.6) is 0 Å². The summed E-state index contributed by atoms with van der Waals surface area (Å²) >= 11 is 7.61. The number of benzene rings is 2. The molecular weight excluding hydrogens is 698 g/mol. The van der Waals surface area contributed by atoms with Crippen LogP contribution in [0.4, 0.5) is 8.78 Å². The summed E-state index contributed by atoms with van der Waals surface area (Å²) < 4.78 is 36.1. The monoisotopic (exact) mass is 736 g/mol. The minimum atomic E-state index is -2.83. The van der Waals surface area contributed by atoms with Gasteiger partial charge in [0.15, 0.2) is 6.10 Å². The minimum Gasteiger partial charge on any atom is -0.479 e. The number of carboxylic acid groups (broad SMARTS) is 1. The van der Waals surface area contributed by atoms with Gasteiger partial charge in [0, 0.05) is 48.1 Å². The highest BCUT2D eigenvalue weighted by Crippen LogP contribution is 2.45. The Kier molecular flexibility index (Phi) is 9.36. The van der Waals surface area contributed by atoms with Crippen molar-refractivity contribution in [3.63, 3.8) is 0 Å². The number of alkyl halides is 2. The van der Waals surface area contributed by atoms with E-state index >= 15 is 0 Å². The Balaban J connectivity index is 1.29. The van der Waals surface area contributed by atoms with Crippen molar-refractivity contribution >= 4 is 56.1 Å². The van der Waals surface area contributed by atoms with Gasteiger partial charge < -0.3 is 14.7 Å². The van der Waals surface area contributed by atoms with E-state index in [9.17, 15) is 23.5 Å². The maximum atomic E-state index is 14.3. The number of thiazole rings is 1. The second-order valence-electron chi connectivity index (χ2n) is 14.4. The van der Waals surface area contributed by atoms with Gasteiger partial charge >= 0.3 is 12.5 Å². The Hall–Kier alpha value is -4.04. The van der Waals surface area contributed by atoms with Crippen molar-refractivity contribution in [2.45, 2.75) is 77.7 Å². The van der Waals surface area contributed by atoms with Crippen LogP contribution in [-0.2, 0) is 14.3 Å². The number of aromatic nitrogens is 4. The average molecular weight is 737 g/mol. The van der Waals surface area contributed by atoms with E-state index in [-0.39, 0.29) is 17.3 Å². The fourth-order valence-electron chi connectivity index (χ4n) is 7.21. The molecule has 2 saturated heterocycles. The van der Waals surface area contributed by atoms with Crippen LogP contribution in [0.3, 0.4) is 0 Å². The van der Waals surface area contributed by atoms with Crippen LogP contribution in [0, 0.1) is 6.92 Å². The number of amides is 1. The lowest BCUT2D eigenvalue weighted by molar-refractivity contribution is -0.160. The molecule has 1 amide bonds. The van der Waals surface area contributed by atoms with E-state index in [1.54, 1.807) is 31.2 Å². The lowest BCUT2D eigenvalue weighted by atomic mass is 9.91. The van der Waals surface area contributed by atoms with E-state index < -0.39 is 24.2 Å². The molecule has 3 aromatic heterocycles. The molecular formula is C37H39ClF2N6O4S. The number of halogens is 3. The number of aryl methyl sites for hydroxylation is 1. The summed E-state index contributed by atoms with van der Waals surface area (Å²) in [7, 11) is 0. The van der Waals surface area contributed by atoms with Crippen LogP contribution in [0.25, 0.3) is 43.1 Å². The summed E-state index contributed by atoms with van der Waals surface area (Å²) in [5.41, 5.74) is 4.31. The molecule has 0 radical (unpaired) electrons. The van der Waals surface area contributed by atoms with E-state index in [2.05, 4.69) is 10.00 Å². The Morgan fingerprint density at radius 2 is 1.75 bits per heavy atom. The van der Waals surface area contributed by atoms with Crippen LogP contribution in [-0.4, -0.2) is 84.4 Å². The molecule has 51 heavy (non-hydrogen) atoms. The van der Waals surface area contributed by atoms with Crippen molar-refractivity contribution in [2.24, 2.45) is 0 Å². The van der Waals surface area contributed by atoms with Crippen LogP contribution in [0.2, 0.25) is 5.02 Å². The molecule has 0 saturated carbocycles. The number of likely N-dealkylation sites (tertiary alicyclic amines) is 2. The molecule has 5 heterocycles.